The molecule has 1 aliphatic carbocycles. The molecule has 1 amide bonds. The van der Waals surface area contributed by atoms with Crippen molar-refractivity contribution in [1.82, 2.24) is 9.78 Å². The summed E-state index contributed by atoms with van der Waals surface area (Å²) in [6, 6.07) is 6.05. The molecule has 1 aromatic carbocycles. The molecular formula is C20H24ClN3OS. The second-order valence-corrected chi connectivity index (χ2v) is 9.86. The average molecular weight is 390 g/mol. The van der Waals surface area contributed by atoms with E-state index in [1.54, 1.807) is 11.8 Å². The number of aryl methyl sites for hydroxylation is 2. The number of fused-ring (bicyclic) bond motifs is 1. The molecule has 1 aliphatic heterocycles. The van der Waals surface area contributed by atoms with Gasteiger partial charge in [-0.25, -0.2) is 4.68 Å². The Hall–Kier alpha value is -1.46. The van der Waals surface area contributed by atoms with Crippen molar-refractivity contribution < 1.29 is 4.79 Å². The number of thioether (sulfide) groups is 1. The summed E-state index contributed by atoms with van der Waals surface area (Å²) in [5, 5.41) is 8.87. The lowest BCUT2D eigenvalue weighted by molar-refractivity contribution is -0.117. The van der Waals surface area contributed by atoms with Gasteiger partial charge in [0.25, 0.3) is 0 Å². The molecule has 1 aromatic heterocycles. The number of aromatic nitrogens is 2. The van der Waals surface area contributed by atoms with E-state index in [0.29, 0.717) is 5.92 Å². The van der Waals surface area contributed by atoms with E-state index in [9.17, 15) is 4.79 Å². The van der Waals surface area contributed by atoms with Crippen LogP contribution in [0, 0.1) is 6.92 Å². The third-order valence-electron chi connectivity index (χ3n) is 5.25. The quantitative estimate of drug-likeness (QED) is 0.775. The van der Waals surface area contributed by atoms with Crippen molar-refractivity contribution in [1.29, 1.82) is 0 Å². The molecule has 6 heteroatoms. The van der Waals surface area contributed by atoms with Crippen molar-refractivity contribution in [2.24, 2.45) is 0 Å². The van der Waals surface area contributed by atoms with Gasteiger partial charge in [0, 0.05) is 23.0 Å². The highest BCUT2D eigenvalue weighted by atomic mass is 35.5. The number of rotatable bonds is 3. The van der Waals surface area contributed by atoms with Crippen LogP contribution in [0.15, 0.2) is 18.2 Å². The zero-order valence-electron chi connectivity index (χ0n) is 15.6. The van der Waals surface area contributed by atoms with Crippen molar-refractivity contribution in [3.63, 3.8) is 0 Å². The number of hydrogen-bond acceptors (Lipinski definition) is 3. The fraction of sp³-hybridized carbons (Fsp3) is 0.500. The third kappa shape index (κ3) is 2.95. The molecular weight excluding hydrogens is 366 g/mol. The van der Waals surface area contributed by atoms with Crippen LogP contribution in [-0.2, 0) is 11.3 Å². The highest BCUT2D eigenvalue weighted by Crippen LogP contribution is 2.54. The Morgan fingerprint density at radius 3 is 2.73 bits per heavy atom. The minimum absolute atomic E-state index is 0.0369. The first-order valence-electron chi connectivity index (χ1n) is 9.17. The van der Waals surface area contributed by atoms with Crippen molar-refractivity contribution >= 4 is 35.1 Å². The minimum Gasteiger partial charge on any atom is -0.309 e. The molecule has 2 aliphatic rings. The lowest BCUT2D eigenvalue weighted by Gasteiger charge is -2.26. The van der Waals surface area contributed by atoms with Gasteiger partial charge in [0.15, 0.2) is 0 Å². The highest BCUT2D eigenvalue weighted by Gasteiger charge is 2.43. The number of nitrogens with one attached hydrogen (secondary N) is 1. The van der Waals surface area contributed by atoms with Gasteiger partial charge in [-0.1, -0.05) is 17.7 Å². The van der Waals surface area contributed by atoms with Crippen molar-refractivity contribution in [2.75, 3.05) is 5.32 Å². The Bertz CT molecular complexity index is 885. The highest BCUT2D eigenvalue weighted by molar-refractivity contribution is 8.01. The van der Waals surface area contributed by atoms with E-state index in [4.69, 9.17) is 16.7 Å². The smallest absolute Gasteiger partial charge is 0.241 e. The van der Waals surface area contributed by atoms with Crippen LogP contribution in [0.4, 0.5) is 5.82 Å². The van der Waals surface area contributed by atoms with E-state index >= 15 is 0 Å². The van der Waals surface area contributed by atoms with Crippen LogP contribution in [0.3, 0.4) is 0 Å². The summed E-state index contributed by atoms with van der Waals surface area (Å²) < 4.78 is 1.43. The zero-order valence-corrected chi connectivity index (χ0v) is 17.2. The van der Waals surface area contributed by atoms with Crippen LogP contribution >= 0.6 is 23.4 Å². The van der Waals surface area contributed by atoms with Gasteiger partial charge in [0.2, 0.25) is 5.91 Å². The van der Waals surface area contributed by atoms with Gasteiger partial charge in [0.05, 0.1) is 15.7 Å². The minimum atomic E-state index is -0.533. The average Bonchev–Trinajstić information content (AvgIpc) is 3.36. The molecule has 2 heterocycles. The van der Waals surface area contributed by atoms with Gasteiger partial charge in [-0.05, 0) is 63.8 Å². The molecule has 138 valence electrons. The van der Waals surface area contributed by atoms with Crippen LogP contribution < -0.4 is 5.32 Å². The first kappa shape index (κ1) is 17.9. The summed E-state index contributed by atoms with van der Waals surface area (Å²) in [7, 11) is 0. The number of anilines is 1. The van der Waals surface area contributed by atoms with Gasteiger partial charge < -0.3 is 5.32 Å². The second kappa shape index (κ2) is 6.31. The molecule has 2 aromatic rings. The van der Waals surface area contributed by atoms with Crippen LogP contribution in [0.2, 0.25) is 5.02 Å². The molecule has 1 atom stereocenters. The summed E-state index contributed by atoms with van der Waals surface area (Å²) in [6.45, 7) is 8.90. The van der Waals surface area contributed by atoms with Gasteiger partial charge in [-0.3, -0.25) is 4.79 Å². The van der Waals surface area contributed by atoms with Gasteiger partial charge in [0.1, 0.15) is 5.82 Å². The number of carbonyl (C=O) groups is 1. The van der Waals surface area contributed by atoms with E-state index < -0.39 is 4.75 Å². The maximum absolute atomic E-state index is 12.9. The molecule has 0 spiro atoms. The number of nitrogens with zero attached hydrogens (tertiary/aromatic N) is 2. The van der Waals surface area contributed by atoms with E-state index in [1.165, 1.54) is 24.0 Å². The van der Waals surface area contributed by atoms with Crippen LogP contribution in [0.1, 0.15) is 67.2 Å². The SMILES string of the molecule is CCn1nc(C2CC2)c2c1NC(=O)C(C)(C)SC2c1ccc(Cl)cc1C. The van der Waals surface area contributed by atoms with E-state index in [-0.39, 0.29) is 11.2 Å². The van der Waals surface area contributed by atoms with Crippen LogP contribution in [0.5, 0.6) is 0 Å². The molecule has 4 rings (SSSR count). The fourth-order valence-electron chi connectivity index (χ4n) is 3.59. The van der Waals surface area contributed by atoms with E-state index in [2.05, 4.69) is 25.2 Å². The van der Waals surface area contributed by atoms with Crippen LogP contribution in [-0.4, -0.2) is 20.4 Å². The summed E-state index contributed by atoms with van der Waals surface area (Å²) >= 11 is 7.90. The van der Waals surface area contributed by atoms with Gasteiger partial charge >= 0.3 is 0 Å². The maximum Gasteiger partial charge on any atom is 0.241 e. The molecule has 0 bridgehead atoms. The Balaban J connectivity index is 1.95. The standard InChI is InChI=1S/C20H24ClN3OS/c1-5-24-18-15(16(23-24)12-6-7-12)17(26-20(3,4)19(25)22-18)14-9-8-13(21)10-11(14)2/h8-10,12,17H,5-7H2,1-4H3,(H,22,25). The second-order valence-electron chi connectivity index (χ2n) is 7.70. The first-order valence-corrected chi connectivity index (χ1v) is 10.4. The number of amides is 1. The number of halogens is 1. The Labute approximate surface area is 163 Å². The van der Waals surface area contributed by atoms with Crippen molar-refractivity contribution in [2.45, 2.75) is 63.0 Å². The number of benzene rings is 1. The summed E-state index contributed by atoms with van der Waals surface area (Å²) in [5.41, 5.74) is 4.70. The fourth-order valence-corrected chi connectivity index (χ4v) is 5.30. The molecule has 0 radical (unpaired) electrons. The van der Waals surface area contributed by atoms with Gasteiger partial charge in [-0.2, -0.15) is 5.10 Å². The van der Waals surface area contributed by atoms with Gasteiger partial charge in [-0.15, -0.1) is 11.8 Å². The largest absolute Gasteiger partial charge is 0.309 e. The monoisotopic (exact) mass is 389 g/mol. The molecule has 1 fully saturated rings. The predicted octanol–water partition coefficient (Wildman–Crippen LogP) is 5.30. The number of carbonyl (C=O) groups excluding carboxylic acids is 1. The zero-order chi connectivity index (χ0) is 18.6. The van der Waals surface area contributed by atoms with Crippen molar-refractivity contribution in [3.05, 3.63) is 45.6 Å². The summed E-state index contributed by atoms with van der Waals surface area (Å²) in [5.74, 6) is 1.43. The Morgan fingerprint density at radius 2 is 2.12 bits per heavy atom. The summed E-state index contributed by atoms with van der Waals surface area (Å²) in [4.78, 5) is 12.9. The van der Waals surface area contributed by atoms with E-state index in [0.717, 1.165) is 28.6 Å². The van der Waals surface area contributed by atoms with Crippen LogP contribution in [0.25, 0.3) is 0 Å². The number of hydrogen-bond donors (Lipinski definition) is 1. The maximum atomic E-state index is 12.9. The Kier molecular flexibility index (Phi) is 4.35. The molecule has 4 nitrogen and oxygen atoms in total. The Morgan fingerprint density at radius 1 is 1.38 bits per heavy atom. The molecule has 0 saturated heterocycles. The lowest BCUT2D eigenvalue weighted by Crippen LogP contribution is -2.33. The normalized spacial score (nSPS) is 21.9. The summed E-state index contributed by atoms with van der Waals surface area (Å²) in [6.07, 6.45) is 2.36. The predicted molar refractivity (Wildman–Crippen MR) is 108 cm³/mol. The molecule has 1 unspecified atom stereocenters. The van der Waals surface area contributed by atoms with Crippen molar-refractivity contribution in [3.8, 4) is 0 Å². The topological polar surface area (TPSA) is 46.9 Å². The van der Waals surface area contributed by atoms with E-state index in [1.807, 2.05) is 30.7 Å². The molecule has 26 heavy (non-hydrogen) atoms. The lowest BCUT2D eigenvalue weighted by atomic mass is 9.98. The molecule has 1 saturated carbocycles. The third-order valence-corrected chi connectivity index (χ3v) is 6.98. The molecule has 1 N–H and O–H groups in total. The first-order chi connectivity index (χ1) is 12.3.